The van der Waals surface area contributed by atoms with Gasteiger partial charge in [0.05, 0.1) is 13.2 Å². The molecule has 0 unspecified atom stereocenters. The summed E-state index contributed by atoms with van der Waals surface area (Å²) < 4.78 is 0. The van der Waals surface area contributed by atoms with Crippen LogP contribution in [0.2, 0.25) is 0 Å². The molecule has 1 rings (SSSR count). The van der Waals surface area contributed by atoms with Gasteiger partial charge in [0, 0.05) is 5.69 Å². The first-order valence-corrected chi connectivity index (χ1v) is 4.79. The predicted molar refractivity (Wildman–Crippen MR) is 65.3 cm³/mol. The molecule has 0 aliphatic heterocycles. The monoisotopic (exact) mass is 221 g/mol. The molecule has 0 aromatic heterocycles. The van der Waals surface area contributed by atoms with Crippen molar-refractivity contribution >= 4 is 17.6 Å². The molecule has 6 N–H and O–H groups in total. The Kier molecular flexibility index (Phi) is 4.81. The first-order chi connectivity index (χ1) is 7.72. The summed E-state index contributed by atoms with van der Waals surface area (Å²) in [7, 11) is 0. The highest BCUT2D eigenvalue weighted by atomic mass is 16.3. The van der Waals surface area contributed by atoms with E-state index < -0.39 is 0 Å². The average molecular weight is 221 g/mol. The van der Waals surface area contributed by atoms with Gasteiger partial charge in [0.1, 0.15) is 0 Å². The van der Waals surface area contributed by atoms with Crippen molar-refractivity contribution in [2.75, 3.05) is 18.5 Å². The summed E-state index contributed by atoms with van der Waals surface area (Å²) in [6.45, 7) is 0.149. The summed E-state index contributed by atoms with van der Waals surface area (Å²) >= 11 is 0. The Morgan fingerprint density at radius 1 is 1.25 bits per heavy atom. The van der Waals surface area contributed by atoms with Gasteiger partial charge in [-0.25, -0.2) is 4.99 Å². The fraction of sp³-hybridized carbons (Fsp3) is 0.200. The Morgan fingerprint density at radius 2 is 1.94 bits per heavy atom. The Balaban J connectivity index is 2.58. The van der Waals surface area contributed by atoms with Gasteiger partial charge in [-0.1, -0.05) is 18.2 Å². The topological polar surface area (TPSA) is 109 Å². The summed E-state index contributed by atoms with van der Waals surface area (Å²) in [5.41, 5.74) is 11.9. The second-order valence-electron chi connectivity index (χ2n) is 2.95. The summed E-state index contributed by atoms with van der Waals surface area (Å²) in [5, 5.41) is 11.4. The number of aliphatic imine (C=N–C) groups is 2. The van der Waals surface area contributed by atoms with E-state index in [4.69, 9.17) is 16.6 Å². The normalized spacial score (nSPS) is 12.6. The molecule has 16 heavy (non-hydrogen) atoms. The largest absolute Gasteiger partial charge is 0.394 e. The lowest BCUT2D eigenvalue weighted by molar-refractivity contribution is 0.307. The van der Waals surface area contributed by atoms with E-state index in [9.17, 15) is 0 Å². The maximum Gasteiger partial charge on any atom is 0.218 e. The number of anilines is 1. The molecule has 86 valence electrons. The molecular weight excluding hydrogens is 206 g/mol. The molecule has 0 atom stereocenters. The van der Waals surface area contributed by atoms with Crippen LogP contribution in [0, 0.1) is 0 Å². The molecule has 0 saturated heterocycles. The second-order valence-corrected chi connectivity index (χ2v) is 2.95. The molecule has 1 aromatic carbocycles. The number of aliphatic hydroxyl groups excluding tert-OH is 1. The molecule has 0 spiro atoms. The van der Waals surface area contributed by atoms with Crippen molar-refractivity contribution in [3.8, 4) is 0 Å². The van der Waals surface area contributed by atoms with E-state index in [0.717, 1.165) is 5.69 Å². The van der Waals surface area contributed by atoms with Gasteiger partial charge >= 0.3 is 0 Å². The fourth-order valence-corrected chi connectivity index (χ4v) is 1.02. The van der Waals surface area contributed by atoms with Gasteiger partial charge < -0.3 is 21.9 Å². The van der Waals surface area contributed by atoms with Crippen molar-refractivity contribution in [1.82, 2.24) is 0 Å². The maximum absolute atomic E-state index is 8.53. The van der Waals surface area contributed by atoms with E-state index in [1.807, 2.05) is 30.3 Å². The molecule has 0 fully saturated rings. The van der Waals surface area contributed by atoms with Gasteiger partial charge in [0.15, 0.2) is 0 Å². The van der Waals surface area contributed by atoms with Gasteiger partial charge in [-0.2, -0.15) is 4.99 Å². The van der Waals surface area contributed by atoms with Crippen molar-refractivity contribution in [3.63, 3.8) is 0 Å². The Morgan fingerprint density at radius 3 is 2.56 bits per heavy atom. The molecule has 0 saturated carbocycles. The Hall–Kier alpha value is -2.08. The van der Waals surface area contributed by atoms with Gasteiger partial charge in [-0.15, -0.1) is 0 Å². The molecular formula is C10H15N5O. The number of guanidine groups is 2. The number of nitrogens with zero attached hydrogens (tertiary/aromatic N) is 2. The first-order valence-electron chi connectivity index (χ1n) is 4.79. The van der Waals surface area contributed by atoms with Crippen LogP contribution in [0.1, 0.15) is 0 Å². The molecule has 0 heterocycles. The number of rotatable bonds is 3. The molecule has 0 aliphatic carbocycles. The van der Waals surface area contributed by atoms with Crippen LogP contribution >= 0.6 is 0 Å². The molecule has 0 radical (unpaired) electrons. The number of hydrogen-bond donors (Lipinski definition) is 4. The minimum Gasteiger partial charge on any atom is -0.394 e. The van der Waals surface area contributed by atoms with Gasteiger partial charge in [-0.3, -0.25) is 0 Å². The van der Waals surface area contributed by atoms with E-state index in [0.29, 0.717) is 0 Å². The summed E-state index contributed by atoms with van der Waals surface area (Å²) in [6.07, 6.45) is 0. The number of para-hydroxylation sites is 1. The number of hydrogen-bond acceptors (Lipinski definition) is 2. The van der Waals surface area contributed by atoms with Crippen LogP contribution in [0.3, 0.4) is 0 Å². The molecule has 6 nitrogen and oxygen atoms in total. The van der Waals surface area contributed by atoms with Gasteiger partial charge in [0.2, 0.25) is 11.9 Å². The van der Waals surface area contributed by atoms with E-state index in [-0.39, 0.29) is 25.1 Å². The van der Waals surface area contributed by atoms with Crippen LogP contribution in [0.25, 0.3) is 0 Å². The molecule has 0 amide bonds. The van der Waals surface area contributed by atoms with Crippen LogP contribution < -0.4 is 16.8 Å². The lowest BCUT2D eigenvalue weighted by Crippen LogP contribution is -2.26. The predicted octanol–water partition coefficient (Wildman–Crippen LogP) is -0.280. The van der Waals surface area contributed by atoms with Crippen LogP contribution in [-0.2, 0) is 0 Å². The smallest absolute Gasteiger partial charge is 0.218 e. The highest BCUT2D eigenvalue weighted by Gasteiger charge is 1.94. The lowest BCUT2D eigenvalue weighted by atomic mass is 10.3. The Labute approximate surface area is 93.7 Å². The SMILES string of the molecule is NC(=NCCO)N=C(N)Nc1ccccc1. The van der Waals surface area contributed by atoms with Crippen molar-refractivity contribution in [2.24, 2.45) is 21.5 Å². The first kappa shape index (κ1) is 12.0. The standard InChI is InChI=1S/C10H15N5O/c11-9(13-6-7-16)15-10(12)14-8-4-2-1-3-5-8/h1-5,16H,6-7H2,(H5,11,12,13,14,15). The van der Waals surface area contributed by atoms with Crippen LogP contribution in [0.15, 0.2) is 40.3 Å². The summed E-state index contributed by atoms with van der Waals surface area (Å²) in [6, 6.07) is 9.35. The number of benzene rings is 1. The van der Waals surface area contributed by atoms with Crippen molar-refractivity contribution < 1.29 is 5.11 Å². The van der Waals surface area contributed by atoms with Gasteiger partial charge in [0.25, 0.3) is 0 Å². The lowest BCUT2D eigenvalue weighted by Gasteiger charge is -2.04. The summed E-state index contributed by atoms with van der Waals surface area (Å²) in [5.74, 6) is 0.195. The molecule has 0 bridgehead atoms. The second kappa shape index (κ2) is 6.41. The zero-order valence-electron chi connectivity index (χ0n) is 8.80. The maximum atomic E-state index is 8.53. The third-order valence-electron chi connectivity index (χ3n) is 1.65. The third-order valence-corrected chi connectivity index (χ3v) is 1.65. The van der Waals surface area contributed by atoms with Crippen LogP contribution in [0.4, 0.5) is 5.69 Å². The molecule has 6 heteroatoms. The Bertz CT molecular complexity index is 374. The summed E-state index contributed by atoms with van der Waals surface area (Å²) in [4.78, 5) is 7.57. The van der Waals surface area contributed by atoms with Crippen molar-refractivity contribution in [2.45, 2.75) is 0 Å². The van der Waals surface area contributed by atoms with E-state index in [2.05, 4.69) is 15.3 Å². The fourth-order valence-electron chi connectivity index (χ4n) is 1.02. The van der Waals surface area contributed by atoms with Crippen LogP contribution in [0.5, 0.6) is 0 Å². The average Bonchev–Trinajstić information content (AvgIpc) is 2.27. The van der Waals surface area contributed by atoms with Crippen LogP contribution in [-0.4, -0.2) is 30.2 Å². The third kappa shape index (κ3) is 4.43. The van der Waals surface area contributed by atoms with Crippen molar-refractivity contribution in [3.05, 3.63) is 30.3 Å². The minimum absolute atomic E-state index is 0.0370. The van der Waals surface area contributed by atoms with E-state index in [1.54, 1.807) is 0 Å². The molecule has 1 aromatic rings. The highest BCUT2D eigenvalue weighted by Crippen LogP contribution is 2.03. The number of nitrogens with one attached hydrogen (secondary N) is 1. The zero-order valence-corrected chi connectivity index (χ0v) is 8.80. The van der Waals surface area contributed by atoms with E-state index >= 15 is 0 Å². The quantitative estimate of drug-likeness (QED) is 0.415. The highest BCUT2D eigenvalue weighted by molar-refractivity contribution is 6.00. The van der Waals surface area contributed by atoms with Gasteiger partial charge in [-0.05, 0) is 12.1 Å². The number of nitrogens with two attached hydrogens (primary N) is 2. The van der Waals surface area contributed by atoms with E-state index in [1.165, 1.54) is 0 Å². The molecule has 0 aliphatic rings. The van der Waals surface area contributed by atoms with Crippen molar-refractivity contribution in [1.29, 1.82) is 0 Å². The zero-order chi connectivity index (χ0) is 11.8. The number of aliphatic hydroxyl groups is 1. The minimum atomic E-state index is -0.0672.